The molecule has 0 aromatic heterocycles. The van der Waals surface area contributed by atoms with Gasteiger partial charge < -0.3 is 40.9 Å². The van der Waals surface area contributed by atoms with E-state index in [0.717, 1.165) is 0 Å². The van der Waals surface area contributed by atoms with E-state index in [2.05, 4.69) is 0 Å². The molecule has 0 unspecified atom stereocenters. The van der Waals surface area contributed by atoms with Crippen molar-refractivity contribution in [1.29, 1.82) is 0 Å². The zero-order chi connectivity index (χ0) is 18.6. The summed E-state index contributed by atoms with van der Waals surface area (Å²) in [6.07, 6.45) is -7.33. The largest absolute Gasteiger partial charge is 0.503 e. The van der Waals surface area contributed by atoms with Gasteiger partial charge in [0.2, 0.25) is 0 Å². The Labute approximate surface area is 122 Å². The van der Waals surface area contributed by atoms with Crippen LogP contribution >= 0.6 is 0 Å². The van der Waals surface area contributed by atoms with E-state index >= 15 is 0 Å². The normalized spacial score (nSPS) is 6.55. The fraction of sp³-hybridized carbons (Fsp3) is 0. The first kappa shape index (κ1) is 26.8. The molecule has 0 atom stereocenters. The standard InChI is InChI=1S/C6H6.4CH2O3/c1-2-4-6-5-3-1;4*2-1(3)4/h1-6H;4*(H2,2,3,4). The molecule has 126 valence electrons. The van der Waals surface area contributed by atoms with Gasteiger partial charge in [0.25, 0.3) is 0 Å². The van der Waals surface area contributed by atoms with Crippen LogP contribution in [-0.4, -0.2) is 65.5 Å². The van der Waals surface area contributed by atoms with Crippen molar-refractivity contribution in [2.45, 2.75) is 0 Å². The second-order valence-corrected chi connectivity index (χ2v) is 2.28. The number of benzene rings is 1. The number of carboxylic acid groups (broad SMARTS) is 8. The van der Waals surface area contributed by atoms with E-state index in [4.69, 9.17) is 60.0 Å². The molecule has 0 saturated heterocycles. The highest BCUT2D eigenvalue weighted by Crippen LogP contribution is 1.79. The highest BCUT2D eigenvalue weighted by molar-refractivity contribution is 5.54. The van der Waals surface area contributed by atoms with Gasteiger partial charge in [0.05, 0.1) is 0 Å². The molecular weight excluding hydrogens is 312 g/mol. The van der Waals surface area contributed by atoms with Crippen LogP contribution in [0.2, 0.25) is 0 Å². The molecule has 0 saturated carbocycles. The maximum Gasteiger partial charge on any atom is 0.503 e. The molecule has 0 fully saturated rings. The molecule has 12 nitrogen and oxygen atoms in total. The summed E-state index contributed by atoms with van der Waals surface area (Å²) >= 11 is 0. The first-order valence-corrected chi connectivity index (χ1v) is 4.61. The van der Waals surface area contributed by atoms with Gasteiger partial charge in [-0.2, -0.15) is 0 Å². The summed E-state index contributed by atoms with van der Waals surface area (Å²) in [5.41, 5.74) is 0. The van der Waals surface area contributed by atoms with E-state index in [0.29, 0.717) is 0 Å². The van der Waals surface area contributed by atoms with Crippen LogP contribution in [0, 0.1) is 0 Å². The molecule has 0 amide bonds. The zero-order valence-corrected chi connectivity index (χ0v) is 10.7. The van der Waals surface area contributed by atoms with Gasteiger partial charge in [-0.1, -0.05) is 36.4 Å². The summed E-state index contributed by atoms with van der Waals surface area (Å²) in [5, 5.41) is 55.8. The number of hydrogen-bond donors (Lipinski definition) is 8. The SMILES string of the molecule is O=C(O)O.O=C(O)O.O=C(O)O.O=C(O)O.c1ccccc1. The van der Waals surface area contributed by atoms with Crippen molar-refractivity contribution in [3.05, 3.63) is 36.4 Å². The monoisotopic (exact) mass is 326 g/mol. The Kier molecular flexibility index (Phi) is 27.4. The van der Waals surface area contributed by atoms with E-state index in [1.54, 1.807) is 0 Å². The Balaban J connectivity index is -0.0000000937. The number of carbonyl (C=O) groups is 4. The van der Waals surface area contributed by atoms with Crippen molar-refractivity contribution < 1.29 is 60.0 Å². The van der Waals surface area contributed by atoms with Gasteiger partial charge >= 0.3 is 24.6 Å². The zero-order valence-electron chi connectivity index (χ0n) is 10.7. The van der Waals surface area contributed by atoms with Crippen molar-refractivity contribution >= 4 is 24.6 Å². The third-order valence-electron chi connectivity index (χ3n) is 0.667. The predicted molar refractivity (Wildman–Crippen MR) is 69.1 cm³/mol. The highest BCUT2D eigenvalue weighted by Gasteiger charge is 1.71. The van der Waals surface area contributed by atoms with Crippen LogP contribution in [0.5, 0.6) is 0 Å². The topological polar surface area (TPSA) is 230 Å². The van der Waals surface area contributed by atoms with Crippen molar-refractivity contribution in [3.8, 4) is 0 Å². The van der Waals surface area contributed by atoms with Gasteiger partial charge in [0, 0.05) is 0 Å². The lowest BCUT2D eigenvalue weighted by Crippen LogP contribution is -1.81. The molecule has 0 bridgehead atoms. The van der Waals surface area contributed by atoms with Crippen molar-refractivity contribution in [2.75, 3.05) is 0 Å². The lowest BCUT2D eigenvalue weighted by molar-refractivity contribution is 0.135. The van der Waals surface area contributed by atoms with Crippen LogP contribution in [-0.2, 0) is 0 Å². The first-order valence-electron chi connectivity index (χ1n) is 4.61. The third kappa shape index (κ3) is 721. The minimum atomic E-state index is -1.83. The molecule has 0 spiro atoms. The van der Waals surface area contributed by atoms with Crippen LogP contribution in [0.4, 0.5) is 19.2 Å². The van der Waals surface area contributed by atoms with Crippen molar-refractivity contribution in [1.82, 2.24) is 0 Å². The molecule has 0 aliphatic carbocycles. The molecule has 8 N–H and O–H groups in total. The molecule has 1 rings (SSSR count). The van der Waals surface area contributed by atoms with Gasteiger partial charge in [-0.15, -0.1) is 0 Å². The number of rotatable bonds is 0. The highest BCUT2D eigenvalue weighted by atomic mass is 16.6. The van der Waals surface area contributed by atoms with Gasteiger partial charge in [0.15, 0.2) is 0 Å². The maximum absolute atomic E-state index is 8.56. The van der Waals surface area contributed by atoms with E-state index in [1.165, 1.54) is 0 Å². The van der Waals surface area contributed by atoms with Crippen LogP contribution < -0.4 is 0 Å². The molecule has 0 aliphatic rings. The van der Waals surface area contributed by atoms with Gasteiger partial charge in [-0.05, 0) is 0 Å². The molecule has 0 heterocycles. The first-order chi connectivity index (χ1) is 9.93. The van der Waals surface area contributed by atoms with Crippen molar-refractivity contribution in [2.24, 2.45) is 0 Å². The Morgan fingerprint density at radius 3 is 0.455 bits per heavy atom. The van der Waals surface area contributed by atoms with Crippen LogP contribution in [0.3, 0.4) is 0 Å². The average molecular weight is 326 g/mol. The van der Waals surface area contributed by atoms with Crippen LogP contribution in [0.1, 0.15) is 0 Å². The van der Waals surface area contributed by atoms with Gasteiger partial charge in [-0.25, -0.2) is 19.2 Å². The van der Waals surface area contributed by atoms with Gasteiger partial charge in [-0.3, -0.25) is 0 Å². The summed E-state index contributed by atoms with van der Waals surface area (Å²) in [7, 11) is 0. The Morgan fingerprint density at radius 1 is 0.364 bits per heavy atom. The second-order valence-electron chi connectivity index (χ2n) is 2.28. The summed E-state index contributed by atoms with van der Waals surface area (Å²) in [5.74, 6) is 0. The predicted octanol–water partition coefficient (Wildman–Crippen LogP) is 2.58. The Bertz CT molecular complexity index is 311. The quantitative estimate of drug-likeness (QED) is 0.343. The average Bonchev–Trinajstić information content (AvgIpc) is 2.28. The van der Waals surface area contributed by atoms with E-state index in [9.17, 15) is 0 Å². The minimum Gasteiger partial charge on any atom is -0.450 e. The Hall–Kier alpha value is -3.70. The van der Waals surface area contributed by atoms with E-state index in [-0.39, 0.29) is 0 Å². The second kappa shape index (κ2) is 22.5. The lowest BCUT2D eigenvalue weighted by Gasteiger charge is -1.69. The molecule has 12 heteroatoms. The molecule has 1 aromatic rings. The van der Waals surface area contributed by atoms with Crippen LogP contribution in [0.25, 0.3) is 0 Å². The summed E-state index contributed by atoms with van der Waals surface area (Å²) in [6.45, 7) is 0. The Morgan fingerprint density at radius 2 is 0.409 bits per heavy atom. The maximum atomic E-state index is 8.56. The third-order valence-corrected chi connectivity index (χ3v) is 0.667. The summed E-state index contributed by atoms with van der Waals surface area (Å²) in [4.78, 5) is 34.2. The molecule has 22 heavy (non-hydrogen) atoms. The van der Waals surface area contributed by atoms with Gasteiger partial charge in [0.1, 0.15) is 0 Å². The lowest BCUT2D eigenvalue weighted by atomic mass is 10.4. The molecule has 1 aromatic carbocycles. The number of hydrogen-bond acceptors (Lipinski definition) is 4. The van der Waals surface area contributed by atoms with E-state index < -0.39 is 24.6 Å². The molecule has 0 aliphatic heterocycles. The van der Waals surface area contributed by atoms with E-state index in [1.807, 2.05) is 36.4 Å². The summed E-state index contributed by atoms with van der Waals surface area (Å²) < 4.78 is 0. The molecular formula is C10H14O12. The summed E-state index contributed by atoms with van der Waals surface area (Å²) in [6, 6.07) is 12.0. The fourth-order valence-electron chi connectivity index (χ4n) is 0.385. The fourth-order valence-corrected chi connectivity index (χ4v) is 0.385. The minimum absolute atomic E-state index is 1.83. The van der Waals surface area contributed by atoms with Crippen LogP contribution in [0.15, 0.2) is 36.4 Å². The molecule has 0 radical (unpaired) electrons. The smallest absolute Gasteiger partial charge is 0.450 e. The van der Waals surface area contributed by atoms with Crippen molar-refractivity contribution in [3.63, 3.8) is 0 Å².